The van der Waals surface area contributed by atoms with E-state index >= 15 is 0 Å². The zero-order valence-corrected chi connectivity index (χ0v) is 15.2. The molecule has 0 radical (unpaired) electrons. The molecule has 0 fully saturated rings. The van der Waals surface area contributed by atoms with Crippen molar-refractivity contribution in [2.24, 2.45) is 0 Å². The van der Waals surface area contributed by atoms with E-state index in [1.54, 1.807) is 43.5 Å². The Morgan fingerprint density at radius 1 is 1.04 bits per heavy atom. The lowest BCUT2D eigenvalue weighted by Crippen LogP contribution is -2.08. The van der Waals surface area contributed by atoms with E-state index in [1.165, 1.54) is 12.3 Å². The maximum atomic E-state index is 12.6. The molecule has 0 saturated heterocycles. The Morgan fingerprint density at radius 3 is 2.44 bits per heavy atom. The van der Waals surface area contributed by atoms with Crippen LogP contribution in [0.3, 0.4) is 0 Å². The molecule has 0 bridgehead atoms. The Hall–Kier alpha value is -3.28. The number of carbonyl (C=O) groups excluding carboxylic acids is 1. The van der Waals surface area contributed by atoms with Crippen LogP contribution in [0.25, 0.3) is 11.0 Å². The van der Waals surface area contributed by atoms with Gasteiger partial charge < -0.3 is 18.6 Å². The molecule has 0 spiro atoms. The van der Waals surface area contributed by atoms with Gasteiger partial charge in [-0.15, -0.1) is 0 Å². The lowest BCUT2D eigenvalue weighted by molar-refractivity contribution is -0.134. The molecule has 0 aliphatic heterocycles. The van der Waals surface area contributed by atoms with Crippen molar-refractivity contribution >= 4 is 16.9 Å². The number of methoxy groups -OCH3 is 1. The second-order valence-electron chi connectivity index (χ2n) is 5.94. The Morgan fingerprint density at radius 2 is 1.74 bits per heavy atom. The van der Waals surface area contributed by atoms with Gasteiger partial charge in [0.15, 0.2) is 0 Å². The first-order valence-corrected chi connectivity index (χ1v) is 8.69. The summed E-state index contributed by atoms with van der Waals surface area (Å²) in [5, 5.41) is 0.342. The summed E-state index contributed by atoms with van der Waals surface area (Å²) >= 11 is 0. The number of fused-ring (bicyclic) bond motifs is 1. The summed E-state index contributed by atoms with van der Waals surface area (Å²) in [4.78, 5) is 24.3. The van der Waals surface area contributed by atoms with Gasteiger partial charge in [0.2, 0.25) is 11.2 Å². The van der Waals surface area contributed by atoms with E-state index in [1.807, 2.05) is 6.92 Å². The molecule has 140 valence electrons. The number of rotatable bonds is 7. The lowest BCUT2D eigenvalue weighted by atomic mass is 10.2. The molecule has 0 aliphatic carbocycles. The fraction of sp³-hybridized carbons (Fsp3) is 0.238. The molecule has 3 rings (SSSR count). The molecule has 2 aromatic carbocycles. The Bertz CT molecular complexity index is 988. The average Bonchev–Trinajstić information content (AvgIpc) is 2.69. The monoisotopic (exact) mass is 368 g/mol. The van der Waals surface area contributed by atoms with Gasteiger partial charge in [-0.3, -0.25) is 9.59 Å². The minimum absolute atomic E-state index is 0.0698. The molecular weight excluding hydrogens is 348 g/mol. The maximum absolute atomic E-state index is 12.6. The number of ether oxygens (including phenoxy) is 3. The van der Waals surface area contributed by atoms with E-state index < -0.39 is 0 Å². The average molecular weight is 368 g/mol. The van der Waals surface area contributed by atoms with E-state index in [0.29, 0.717) is 34.6 Å². The van der Waals surface area contributed by atoms with Gasteiger partial charge in [0, 0.05) is 12.5 Å². The summed E-state index contributed by atoms with van der Waals surface area (Å²) in [5.41, 5.74) is 0.0128. The van der Waals surface area contributed by atoms with Crippen LogP contribution >= 0.6 is 0 Å². The summed E-state index contributed by atoms with van der Waals surface area (Å²) in [6, 6.07) is 11.5. The van der Waals surface area contributed by atoms with Crippen molar-refractivity contribution in [2.75, 3.05) is 7.11 Å². The normalized spacial score (nSPS) is 10.6. The highest BCUT2D eigenvalue weighted by atomic mass is 16.5. The molecule has 0 amide bonds. The van der Waals surface area contributed by atoms with E-state index in [-0.39, 0.29) is 17.1 Å². The van der Waals surface area contributed by atoms with E-state index in [2.05, 4.69) is 0 Å². The standard InChI is InChI=1S/C21H20O6/c1-3-4-5-20(22)27-16-10-11-17-18(12-16)25-13-19(21(17)23)26-15-8-6-14(24-2)7-9-15/h6-13H,3-5H2,1-2H3. The Kier molecular flexibility index (Phi) is 5.76. The minimum atomic E-state index is -0.309. The van der Waals surface area contributed by atoms with Crippen LogP contribution in [0.5, 0.6) is 23.0 Å². The molecule has 0 unspecified atom stereocenters. The van der Waals surface area contributed by atoms with Crippen LogP contribution in [0.4, 0.5) is 0 Å². The molecule has 0 aliphatic rings. The molecule has 0 saturated carbocycles. The van der Waals surface area contributed by atoms with Crippen molar-refractivity contribution in [1.29, 1.82) is 0 Å². The molecule has 3 aromatic rings. The van der Waals surface area contributed by atoms with Crippen LogP contribution in [0.15, 0.2) is 57.9 Å². The zero-order chi connectivity index (χ0) is 19.2. The van der Waals surface area contributed by atoms with Gasteiger partial charge in [0.05, 0.1) is 12.5 Å². The first-order valence-electron chi connectivity index (χ1n) is 8.69. The summed E-state index contributed by atoms with van der Waals surface area (Å²) in [6.45, 7) is 2.00. The van der Waals surface area contributed by atoms with Crippen LogP contribution in [0.2, 0.25) is 0 Å². The van der Waals surface area contributed by atoms with Crippen LogP contribution < -0.4 is 19.6 Å². The lowest BCUT2D eigenvalue weighted by Gasteiger charge is -2.08. The van der Waals surface area contributed by atoms with Gasteiger partial charge in [-0.1, -0.05) is 13.3 Å². The van der Waals surface area contributed by atoms with Gasteiger partial charge in [-0.2, -0.15) is 0 Å². The maximum Gasteiger partial charge on any atom is 0.311 e. The molecule has 0 atom stereocenters. The van der Waals surface area contributed by atoms with Crippen molar-refractivity contribution < 1.29 is 23.4 Å². The van der Waals surface area contributed by atoms with Gasteiger partial charge in [0.1, 0.15) is 29.1 Å². The van der Waals surface area contributed by atoms with Gasteiger partial charge in [0.25, 0.3) is 0 Å². The fourth-order valence-electron chi connectivity index (χ4n) is 2.50. The number of carbonyl (C=O) groups is 1. The molecule has 0 N–H and O–H groups in total. The fourth-order valence-corrected chi connectivity index (χ4v) is 2.50. The van der Waals surface area contributed by atoms with Gasteiger partial charge >= 0.3 is 5.97 Å². The van der Waals surface area contributed by atoms with Crippen molar-refractivity contribution in [2.45, 2.75) is 26.2 Å². The molecule has 1 aromatic heterocycles. The first-order chi connectivity index (χ1) is 13.1. The van der Waals surface area contributed by atoms with E-state index in [0.717, 1.165) is 12.8 Å². The third-order valence-electron chi connectivity index (χ3n) is 3.97. The number of benzene rings is 2. The molecule has 27 heavy (non-hydrogen) atoms. The van der Waals surface area contributed by atoms with Crippen molar-refractivity contribution in [3.63, 3.8) is 0 Å². The molecular formula is C21H20O6. The van der Waals surface area contributed by atoms with Crippen LogP contribution in [-0.4, -0.2) is 13.1 Å². The van der Waals surface area contributed by atoms with Crippen molar-refractivity contribution in [3.05, 3.63) is 59.0 Å². The molecule has 6 heteroatoms. The summed E-state index contributed by atoms with van der Waals surface area (Å²) in [6.07, 6.45) is 3.29. The highest BCUT2D eigenvalue weighted by Crippen LogP contribution is 2.25. The largest absolute Gasteiger partial charge is 0.497 e. The van der Waals surface area contributed by atoms with Crippen molar-refractivity contribution in [1.82, 2.24) is 0 Å². The smallest absolute Gasteiger partial charge is 0.311 e. The molecule has 1 heterocycles. The molecule has 6 nitrogen and oxygen atoms in total. The number of hydrogen-bond acceptors (Lipinski definition) is 6. The SMILES string of the molecule is CCCCC(=O)Oc1ccc2c(=O)c(Oc3ccc(OC)cc3)coc2c1. The highest BCUT2D eigenvalue weighted by molar-refractivity contribution is 5.80. The predicted molar refractivity (Wildman–Crippen MR) is 101 cm³/mol. The number of hydrogen-bond donors (Lipinski definition) is 0. The Balaban J connectivity index is 1.81. The number of unbranched alkanes of at least 4 members (excludes halogenated alkanes) is 1. The minimum Gasteiger partial charge on any atom is -0.497 e. The first kappa shape index (κ1) is 18.5. The number of esters is 1. The topological polar surface area (TPSA) is 75.0 Å². The quantitative estimate of drug-likeness (QED) is 0.445. The van der Waals surface area contributed by atoms with E-state index in [9.17, 15) is 9.59 Å². The zero-order valence-electron chi connectivity index (χ0n) is 15.2. The summed E-state index contributed by atoms with van der Waals surface area (Å²) in [7, 11) is 1.57. The van der Waals surface area contributed by atoms with Gasteiger partial charge in [-0.25, -0.2) is 0 Å². The van der Waals surface area contributed by atoms with Crippen LogP contribution in [0, 0.1) is 0 Å². The van der Waals surface area contributed by atoms with Crippen molar-refractivity contribution in [3.8, 4) is 23.0 Å². The Labute approximate surface area is 156 Å². The van der Waals surface area contributed by atoms with E-state index in [4.69, 9.17) is 18.6 Å². The third-order valence-corrected chi connectivity index (χ3v) is 3.97. The highest BCUT2D eigenvalue weighted by Gasteiger charge is 2.12. The predicted octanol–water partition coefficient (Wildman–Crippen LogP) is 4.69. The second kappa shape index (κ2) is 8.40. The second-order valence-corrected chi connectivity index (χ2v) is 5.94. The van der Waals surface area contributed by atoms with Crippen LogP contribution in [0.1, 0.15) is 26.2 Å². The van der Waals surface area contributed by atoms with Crippen LogP contribution in [-0.2, 0) is 4.79 Å². The summed E-state index contributed by atoms with van der Waals surface area (Å²) < 4.78 is 21.5. The third kappa shape index (κ3) is 4.47. The summed E-state index contributed by atoms with van der Waals surface area (Å²) in [5.74, 6) is 1.28. The van der Waals surface area contributed by atoms with Gasteiger partial charge in [-0.05, 0) is 42.8 Å².